The van der Waals surface area contributed by atoms with E-state index in [-0.39, 0.29) is 11.4 Å². The Kier molecular flexibility index (Phi) is 6.21. The Morgan fingerprint density at radius 3 is 2.62 bits per heavy atom. The van der Waals surface area contributed by atoms with Crippen molar-refractivity contribution < 1.29 is 4.79 Å². The first kappa shape index (κ1) is 19.6. The predicted molar refractivity (Wildman–Crippen MR) is 105 cm³/mol. The first-order valence-corrected chi connectivity index (χ1v) is 10.7. The largest absolute Gasteiger partial charge is 0.339 e. The van der Waals surface area contributed by atoms with Crippen LogP contribution in [0.15, 0.2) is 17.3 Å². The number of amides is 1. The number of nitrogens with zero attached hydrogens (tertiary/aromatic N) is 6. The standard InChI is InChI=1S/C16H23ClN6OS2/c1-16(2,3)23-15(18-19-20-23)25-11-14(24)22-8-6-21(7-9-22)10-12-4-5-13(17)26-12/h4-5H,6-11H2,1-3H3. The van der Waals surface area contributed by atoms with Crippen LogP contribution < -0.4 is 0 Å². The number of hydrogen-bond donors (Lipinski definition) is 0. The first-order chi connectivity index (χ1) is 12.3. The lowest BCUT2D eigenvalue weighted by molar-refractivity contribution is -0.130. The van der Waals surface area contributed by atoms with Crippen LogP contribution in [0.3, 0.4) is 0 Å². The van der Waals surface area contributed by atoms with E-state index < -0.39 is 0 Å². The van der Waals surface area contributed by atoms with Gasteiger partial charge in [-0.05, 0) is 43.3 Å². The number of carbonyl (C=O) groups excluding carboxylic acids is 1. The maximum absolute atomic E-state index is 12.5. The molecule has 0 aliphatic carbocycles. The number of aromatic nitrogens is 4. The van der Waals surface area contributed by atoms with Gasteiger partial charge in [-0.3, -0.25) is 9.69 Å². The van der Waals surface area contributed by atoms with Crippen LogP contribution in [-0.4, -0.2) is 67.8 Å². The molecule has 0 saturated carbocycles. The van der Waals surface area contributed by atoms with E-state index >= 15 is 0 Å². The second-order valence-electron chi connectivity index (χ2n) is 7.20. The van der Waals surface area contributed by atoms with E-state index in [1.807, 2.05) is 31.7 Å². The van der Waals surface area contributed by atoms with Crippen LogP contribution in [0.25, 0.3) is 0 Å². The van der Waals surface area contributed by atoms with Gasteiger partial charge in [-0.15, -0.1) is 16.4 Å². The third kappa shape index (κ3) is 4.97. The van der Waals surface area contributed by atoms with Crippen molar-refractivity contribution in [1.82, 2.24) is 30.0 Å². The maximum Gasteiger partial charge on any atom is 0.233 e. The average Bonchev–Trinajstić information content (AvgIpc) is 3.22. The van der Waals surface area contributed by atoms with Crippen LogP contribution in [0.4, 0.5) is 0 Å². The van der Waals surface area contributed by atoms with Gasteiger partial charge in [0.2, 0.25) is 11.1 Å². The molecule has 3 heterocycles. The van der Waals surface area contributed by atoms with Crippen LogP contribution in [0, 0.1) is 0 Å². The number of piperazine rings is 1. The summed E-state index contributed by atoms with van der Waals surface area (Å²) in [6.45, 7) is 10.3. The summed E-state index contributed by atoms with van der Waals surface area (Å²) < 4.78 is 2.58. The van der Waals surface area contributed by atoms with E-state index in [0.717, 1.165) is 37.1 Å². The molecule has 1 aliphatic rings. The van der Waals surface area contributed by atoms with Crippen molar-refractivity contribution in [1.29, 1.82) is 0 Å². The minimum Gasteiger partial charge on any atom is -0.339 e. The second-order valence-corrected chi connectivity index (χ2v) is 9.94. The van der Waals surface area contributed by atoms with E-state index in [2.05, 4.69) is 26.5 Å². The number of halogens is 1. The molecule has 0 radical (unpaired) electrons. The first-order valence-electron chi connectivity index (χ1n) is 8.49. The lowest BCUT2D eigenvalue weighted by Gasteiger charge is -2.34. The molecule has 0 aromatic carbocycles. The van der Waals surface area contributed by atoms with Crippen molar-refractivity contribution in [2.45, 2.75) is 38.0 Å². The normalized spacial score (nSPS) is 16.2. The molecule has 0 bridgehead atoms. The SMILES string of the molecule is CC(C)(C)n1nnnc1SCC(=O)N1CCN(Cc2ccc(Cl)s2)CC1. The predicted octanol–water partition coefficient (Wildman–Crippen LogP) is 2.58. The molecule has 2 aromatic rings. The zero-order chi connectivity index (χ0) is 18.7. The fraction of sp³-hybridized carbons (Fsp3) is 0.625. The summed E-state index contributed by atoms with van der Waals surface area (Å²) in [4.78, 5) is 18.1. The molecule has 1 saturated heterocycles. The summed E-state index contributed by atoms with van der Waals surface area (Å²) in [6.07, 6.45) is 0. The van der Waals surface area contributed by atoms with E-state index in [0.29, 0.717) is 10.9 Å². The van der Waals surface area contributed by atoms with Crippen molar-refractivity contribution in [3.05, 3.63) is 21.3 Å². The zero-order valence-electron chi connectivity index (χ0n) is 15.2. The third-order valence-electron chi connectivity index (χ3n) is 4.13. The summed E-state index contributed by atoms with van der Waals surface area (Å²) in [7, 11) is 0. The lowest BCUT2D eigenvalue weighted by atomic mass is 10.1. The molecule has 1 fully saturated rings. The monoisotopic (exact) mass is 414 g/mol. The summed E-state index contributed by atoms with van der Waals surface area (Å²) in [5.74, 6) is 0.494. The molecule has 0 spiro atoms. The molecule has 2 aromatic heterocycles. The molecule has 3 rings (SSSR count). The number of thioether (sulfide) groups is 1. The molecule has 0 atom stereocenters. The summed E-state index contributed by atoms with van der Waals surface area (Å²) in [6, 6.07) is 4.00. The van der Waals surface area contributed by atoms with E-state index in [1.165, 1.54) is 16.6 Å². The molecule has 26 heavy (non-hydrogen) atoms. The Morgan fingerprint density at radius 2 is 2.00 bits per heavy atom. The third-order valence-corrected chi connectivity index (χ3v) is 6.25. The van der Waals surface area contributed by atoms with Crippen LogP contribution in [-0.2, 0) is 16.9 Å². The molecule has 1 amide bonds. The Bertz CT molecular complexity index is 748. The van der Waals surface area contributed by atoms with E-state index in [4.69, 9.17) is 11.6 Å². The number of thiophene rings is 1. The quantitative estimate of drug-likeness (QED) is 0.700. The topological polar surface area (TPSA) is 67.2 Å². The molecular weight excluding hydrogens is 392 g/mol. The highest BCUT2D eigenvalue weighted by atomic mass is 35.5. The van der Waals surface area contributed by atoms with Crippen molar-refractivity contribution in [3.63, 3.8) is 0 Å². The second kappa shape index (κ2) is 8.24. The van der Waals surface area contributed by atoms with Crippen molar-refractivity contribution in [2.24, 2.45) is 0 Å². The van der Waals surface area contributed by atoms with Gasteiger partial charge in [0.05, 0.1) is 15.6 Å². The van der Waals surface area contributed by atoms with Gasteiger partial charge in [0.15, 0.2) is 0 Å². The fourth-order valence-electron chi connectivity index (χ4n) is 2.72. The van der Waals surface area contributed by atoms with E-state index in [1.54, 1.807) is 16.0 Å². The smallest absolute Gasteiger partial charge is 0.233 e. The highest BCUT2D eigenvalue weighted by Gasteiger charge is 2.24. The van der Waals surface area contributed by atoms with Gasteiger partial charge in [0.25, 0.3) is 0 Å². The molecule has 0 N–H and O–H groups in total. The van der Waals surface area contributed by atoms with Gasteiger partial charge in [-0.25, -0.2) is 4.68 Å². The summed E-state index contributed by atoms with van der Waals surface area (Å²) in [5.41, 5.74) is -0.203. The van der Waals surface area contributed by atoms with Gasteiger partial charge in [-0.2, -0.15) is 0 Å². The van der Waals surface area contributed by atoms with Crippen LogP contribution >= 0.6 is 34.7 Å². The number of tetrazole rings is 1. The number of rotatable bonds is 5. The minimum atomic E-state index is -0.203. The Morgan fingerprint density at radius 1 is 1.27 bits per heavy atom. The average molecular weight is 415 g/mol. The van der Waals surface area contributed by atoms with Gasteiger partial charge >= 0.3 is 0 Å². The molecule has 1 aliphatic heterocycles. The lowest BCUT2D eigenvalue weighted by Crippen LogP contribution is -2.48. The number of hydrogen-bond acceptors (Lipinski definition) is 7. The fourth-order valence-corrected chi connectivity index (χ4v) is 4.81. The molecule has 10 heteroatoms. The molecule has 142 valence electrons. The number of carbonyl (C=O) groups is 1. The summed E-state index contributed by atoms with van der Waals surface area (Å²) >= 11 is 9.00. The van der Waals surface area contributed by atoms with Crippen LogP contribution in [0.1, 0.15) is 25.6 Å². The van der Waals surface area contributed by atoms with Gasteiger partial charge in [0.1, 0.15) is 0 Å². The van der Waals surface area contributed by atoms with Crippen LogP contribution in [0.5, 0.6) is 0 Å². The summed E-state index contributed by atoms with van der Waals surface area (Å²) in [5, 5.41) is 12.5. The highest BCUT2D eigenvalue weighted by Crippen LogP contribution is 2.24. The molecular formula is C16H23ClN6OS2. The highest BCUT2D eigenvalue weighted by molar-refractivity contribution is 7.99. The van der Waals surface area contributed by atoms with Crippen LogP contribution in [0.2, 0.25) is 4.34 Å². The maximum atomic E-state index is 12.5. The molecule has 7 nitrogen and oxygen atoms in total. The van der Waals surface area contributed by atoms with Crippen molar-refractivity contribution >= 4 is 40.6 Å². The Hall–Kier alpha value is -1.16. The van der Waals surface area contributed by atoms with Crippen molar-refractivity contribution in [2.75, 3.05) is 31.9 Å². The van der Waals surface area contributed by atoms with E-state index in [9.17, 15) is 4.79 Å². The van der Waals surface area contributed by atoms with Gasteiger partial charge < -0.3 is 4.90 Å². The van der Waals surface area contributed by atoms with Gasteiger partial charge in [0, 0.05) is 37.6 Å². The van der Waals surface area contributed by atoms with Crippen molar-refractivity contribution in [3.8, 4) is 0 Å². The molecule has 0 unspecified atom stereocenters. The Labute approximate surface area is 166 Å². The Balaban J connectivity index is 1.46. The zero-order valence-corrected chi connectivity index (χ0v) is 17.6. The van der Waals surface area contributed by atoms with Gasteiger partial charge in [-0.1, -0.05) is 23.4 Å². The minimum absolute atomic E-state index is 0.136.